The van der Waals surface area contributed by atoms with Crippen LogP contribution < -0.4 is 10.9 Å². The predicted octanol–water partition coefficient (Wildman–Crippen LogP) is 3.38. The smallest absolute Gasteiger partial charge is 0.266 e. The quantitative estimate of drug-likeness (QED) is 0.679. The number of nitrogens with zero attached hydrogens (tertiary/aromatic N) is 2. The molecule has 0 saturated carbocycles. The summed E-state index contributed by atoms with van der Waals surface area (Å²) in [5.74, 6) is -0.124. The summed E-state index contributed by atoms with van der Waals surface area (Å²) in [5.41, 5.74) is 2.04. The molecule has 0 aliphatic heterocycles. The van der Waals surface area contributed by atoms with Gasteiger partial charge < -0.3 is 5.32 Å². The van der Waals surface area contributed by atoms with Gasteiger partial charge in [0.05, 0.1) is 5.69 Å². The minimum absolute atomic E-state index is 0.124. The third-order valence-electron chi connectivity index (χ3n) is 3.87. The van der Waals surface area contributed by atoms with E-state index in [1.807, 2.05) is 30.3 Å². The van der Waals surface area contributed by atoms with Crippen LogP contribution in [0.25, 0.3) is 11.3 Å². The Balaban J connectivity index is 1.59. The van der Waals surface area contributed by atoms with Crippen molar-refractivity contribution in [3.63, 3.8) is 0 Å². The summed E-state index contributed by atoms with van der Waals surface area (Å²) in [6.07, 6.45) is 0.607. The highest BCUT2D eigenvalue weighted by Crippen LogP contribution is 2.18. The molecule has 0 saturated heterocycles. The van der Waals surface area contributed by atoms with Gasteiger partial charge in [0, 0.05) is 35.3 Å². The predicted molar refractivity (Wildman–Crippen MR) is 102 cm³/mol. The summed E-state index contributed by atoms with van der Waals surface area (Å²) in [6, 6.07) is 19.5. The molecule has 1 N–H and O–H groups in total. The van der Waals surface area contributed by atoms with Crippen molar-refractivity contribution in [1.82, 2.24) is 15.1 Å². The molecule has 132 valence electrons. The van der Waals surface area contributed by atoms with Crippen LogP contribution in [0.15, 0.2) is 71.5 Å². The molecular weight excluding hydrogens is 350 g/mol. The molecule has 0 radical (unpaired) electrons. The number of aryl methyl sites for hydroxylation is 1. The maximum Gasteiger partial charge on any atom is 0.266 e. The Kier molecular flexibility index (Phi) is 5.81. The molecule has 3 aromatic rings. The van der Waals surface area contributed by atoms with Crippen LogP contribution in [0, 0.1) is 0 Å². The first-order valence-electron chi connectivity index (χ1n) is 8.31. The van der Waals surface area contributed by atoms with Crippen molar-refractivity contribution < 1.29 is 4.79 Å². The van der Waals surface area contributed by atoms with Crippen LogP contribution in [-0.4, -0.2) is 22.2 Å². The largest absolute Gasteiger partial charge is 0.352 e. The number of hydrogen-bond acceptors (Lipinski definition) is 3. The number of carbonyl (C=O) groups is 1. The number of nitrogens with one attached hydrogen (secondary N) is 1. The van der Waals surface area contributed by atoms with E-state index in [1.54, 1.807) is 30.3 Å². The lowest BCUT2D eigenvalue weighted by Gasteiger charge is -2.08. The van der Waals surface area contributed by atoms with E-state index in [9.17, 15) is 9.59 Å². The van der Waals surface area contributed by atoms with Crippen LogP contribution in [0.3, 0.4) is 0 Å². The number of benzene rings is 2. The molecule has 0 atom stereocenters. The standard InChI is InChI=1S/C20H18ClN3O2/c21-17-9-7-15(8-10-17)18-11-12-19(25)24(23-18)14-4-13-22-20(26)16-5-2-1-3-6-16/h1-3,5-12H,4,13-14H2,(H,22,26). The van der Waals surface area contributed by atoms with Gasteiger partial charge in [0.25, 0.3) is 11.5 Å². The second-order valence-electron chi connectivity index (χ2n) is 5.76. The van der Waals surface area contributed by atoms with Gasteiger partial charge in [-0.15, -0.1) is 0 Å². The van der Waals surface area contributed by atoms with E-state index >= 15 is 0 Å². The fourth-order valence-corrected chi connectivity index (χ4v) is 2.63. The van der Waals surface area contributed by atoms with Crippen molar-refractivity contribution in [2.24, 2.45) is 0 Å². The van der Waals surface area contributed by atoms with Gasteiger partial charge in [-0.2, -0.15) is 5.10 Å². The lowest BCUT2D eigenvalue weighted by molar-refractivity contribution is 0.0952. The highest BCUT2D eigenvalue weighted by Gasteiger charge is 2.05. The maximum atomic E-state index is 12.0. The number of hydrogen-bond donors (Lipinski definition) is 1. The van der Waals surface area contributed by atoms with Gasteiger partial charge in [-0.25, -0.2) is 4.68 Å². The average molecular weight is 368 g/mol. The van der Waals surface area contributed by atoms with Crippen molar-refractivity contribution in [3.05, 3.63) is 87.7 Å². The summed E-state index contributed by atoms with van der Waals surface area (Å²) in [6.45, 7) is 0.891. The van der Waals surface area contributed by atoms with Gasteiger partial charge in [0.2, 0.25) is 0 Å². The van der Waals surface area contributed by atoms with E-state index in [-0.39, 0.29) is 11.5 Å². The molecule has 5 nitrogen and oxygen atoms in total. The fourth-order valence-electron chi connectivity index (χ4n) is 2.51. The first-order chi connectivity index (χ1) is 12.6. The Labute approximate surface area is 156 Å². The van der Waals surface area contributed by atoms with Crippen molar-refractivity contribution in [3.8, 4) is 11.3 Å². The summed E-state index contributed by atoms with van der Waals surface area (Å²) in [4.78, 5) is 24.0. The lowest BCUT2D eigenvalue weighted by Crippen LogP contribution is -2.28. The van der Waals surface area contributed by atoms with Crippen LogP contribution in [0.1, 0.15) is 16.8 Å². The highest BCUT2D eigenvalue weighted by molar-refractivity contribution is 6.30. The van der Waals surface area contributed by atoms with E-state index in [1.165, 1.54) is 10.7 Å². The summed E-state index contributed by atoms with van der Waals surface area (Å²) >= 11 is 5.90. The lowest BCUT2D eigenvalue weighted by atomic mass is 10.1. The van der Waals surface area contributed by atoms with Crippen molar-refractivity contribution >= 4 is 17.5 Å². The fraction of sp³-hybridized carbons (Fsp3) is 0.150. The molecule has 0 bridgehead atoms. The van der Waals surface area contributed by atoms with Crippen LogP contribution >= 0.6 is 11.6 Å². The number of halogens is 1. The molecule has 0 unspecified atom stereocenters. The van der Waals surface area contributed by atoms with E-state index in [0.29, 0.717) is 35.8 Å². The van der Waals surface area contributed by atoms with Gasteiger partial charge in [0.15, 0.2) is 0 Å². The van der Waals surface area contributed by atoms with E-state index in [0.717, 1.165) is 5.56 Å². The number of rotatable bonds is 6. The Bertz CT molecular complexity index is 937. The van der Waals surface area contributed by atoms with Crippen molar-refractivity contribution in [2.45, 2.75) is 13.0 Å². The Hall–Kier alpha value is -2.92. The maximum absolute atomic E-state index is 12.0. The summed E-state index contributed by atoms with van der Waals surface area (Å²) in [5, 5.41) is 7.89. The van der Waals surface area contributed by atoms with Crippen molar-refractivity contribution in [2.75, 3.05) is 6.54 Å². The minimum atomic E-state index is -0.169. The van der Waals surface area contributed by atoms with Crippen LogP contribution in [0.4, 0.5) is 0 Å². The molecule has 0 spiro atoms. The third kappa shape index (κ3) is 4.58. The molecular formula is C20H18ClN3O2. The molecule has 0 fully saturated rings. The molecule has 3 rings (SSSR count). The average Bonchev–Trinajstić information content (AvgIpc) is 2.67. The zero-order valence-electron chi connectivity index (χ0n) is 14.1. The summed E-state index contributed by atoms with van der Waals surface area (Å²) < 4.78 is 1.42. The zero-order valence-corrected chi connectivity index (χ0v) is 14.8. The van der Waals surface area contributed by atoms with Gasteiger partial charge in [-0.05, 0) is 36.8 Å². The minimum Gasteiger partial charge on any atom is -0.352 e. The molecule has 1 amide bonds. The van der Waals surface area contributed by atoms with Crippen LogP contribution in [0.5, 0.6) is 0 Å². The molecule has 1 aromatic heterocycles. The first-order valence-corrected chi connectivity index (χ1v) is 8.68. The molecule has 26 heavy (non-hydrogen) atoms. The van der Waals surface area contributed by atoms with Gasteiger partial charge in [-0.3, -0.25) is 9.59 Å². The zero-order chi connectivity index (χ0) is 18.4. The first kappa shape index (κ1) is 17.9. The van der Waals surface area contributed by atoms with Crippen LogP contribution in [0.2, 0.25) is 5.02 Å². The highest BCUT2D eigenvalue weighted by atomic mass is 35.5. The summed E-state index contributed by atoms with van der Waals surface area (Å²) in [7, 11) is 0. The van der Waals surface area contributed by atoms with Gasteiger partial charge >= 0.3 is 0 Å². The monoisotopic (exact) mass is 367 g/mol. The third-order valence-corrected chi connectivity index (χ3v) is 4.13. The Morgan fingerprint density at radius 2 is 1.73 bits per heavy atom. The van der Waals surface area contributed by atoms with Crippen molar-refractivity contribution in [1.29, 1.82) is 0 Å². The molecule has 0 aliphatic rings. The Morgan fingerprint density at radius 3 is 2.46 bits per heavy atom. The van der Waals surface area contributed by atoms with Crippen LogP contribution in [-0.2, 0) is 6.54 Å². The second-order valence-corrected chi connectivity index (χ2v) is 6.20. The second kappa shape index (κ2) is 8.45. The number of amides is 1. The number of aromatic nitrogens is 2. The van der Waals surface area contributed by atoms with E-state index in [2.05, 4.69) is 10.4 Å². The SMILES string of the molecule is O=C(NCCCn1nc(-c2ccc(Cl)cc2)ccc1=O)c1ccccc1. The normalized spacial score (nSPS) is 10.5. The van der Waals surface area contributed by atoms with Gasteiger partial charge in [0.1, 0.15) is 0 Å². The molecule has 1 heterocycles. The molecule has 2 aromatic carbocycles. The Morgan fingerprint density at radius 1 is 1.00 bits per heavy atom. The number of carbonyl (C=O) groups excluding carboxylic acids is 1. The molecule has 6 heteroatoms. The molecule has 0 aliphatic carbocycles. The van der Waals surface area contributed by atoms with Gasteiger partial charge in [-0.1, -0.05) is 41.9 Å². The topological polar surface area (TPSA) is 64.0 Å². The van der Waals surface area contributed by atoms with E-state index < -0.39 is 0 Å². The van der Waals surface area contributed by atoms with E-state index in [4.69, 9.17) is 11.6 Å².